The average molecular weight is 144 g/mol. The van der Waals surface area contributed by atoms with E-state index < -0.39 is 0 Å². The van der Waals surface area contributed by atoms with Gasteiger partial charge in [-0.25, -0.2) is 0 Å². The van der Waals surface area contributed by atoms with Gasteiger partial charge in [0.1, 0.15) is 0 Å². The fourth-order valence-corrected chi connectivity index (χ4v) is 1.44. The van der Waals surface area contributed by atoms with Crippen LogP contribution in [0.1, 0.15) is 5.56 Å². The van der Waals surface area contributed by atoms with E-state index in [9.17, 15) is 0 Å². The Bertz CT molecular complexity index is 312. The summed E-state index contributed by atoms with van der Waals surface area (Å²) in [6, 6.07) is 8.05. The molecule has 0 radical (unpaired) electrons. The highest BCUT2D eigenvalue weighted by Gasteiger charge is 2.16. The van der Waals surface area contributed by atoms with Crippen molar-refractivity contribution in [2.45, 2.75) is 6.42 Å². The maximum absolute atomic E-state index is 8.69. The van der Waals surface area contributed by atoms with Gasteiger partial charge in [0.05, 0.1) is 5.69 Å². The number of rotatable bonds is 0. The zero-order valence-corrected chi connectivity index (χ0v) is 6.12. The maximum atomic E-state index is 8.69. The van der Waals surface area contributed by atoms with Crippen molar-refractivity contribution in [3.8, 4) is 6.19 Å². The van der Waals surface area contributed by atoms with E-state index in [4.69, 9.17) is 5.26 Å². The zero-order valence-electron chi connectivity index (χ0n) is 6.12. The second-order valence-corrected chi connectivity index (χ2v) is 2.63. The van der Waals surface area contributed by atoms with Gasteiger partial charge >= 0.3 is 0 Å². The van der Waals surface area contributed by atoms with Crippen LogP contribution in [0.3, 0.4) is 0 Å². The second kappa shape index (κ2) is 2.28. The summed E-state index contributed by atoms with van der Waals surface area (Å²) < 4.78 is 0. The lowest BCUT2D eigenvalue weighted by Gasteiger charge is -2.05. The number of benzene rings is 1. The lowest BCUT2D eigenvalue weighted by atomic mass is 10.2. The summed E-state index contributed by atoms with van der Waals surface area (Å²) in [4.78, 5) is 1.73. The Labute approximate surface area is 65.7 Å². The molecule has 0 saturated heterocycles. The minimum absolute atomic E-state index is 0.843. The van der Waals surface area contributed by atoms with Crippen LogP contribution in [0.5, 0.6) is 0 Å². The van der Waals surface area contributed by atoms with Gasteiger partial charge in [-0.15, -0.1) is 0 Å². The third-order valence-corrected chi connectivity index (χ3v) is 2.01. The van der Waals surface area contributed by atoms with E-state index in [1.165, 1.54) is 5.56 Å². The number of fused-ring (bicyclic) bond motifs is 1. The topological polar surface area (TPSA) is 27.0 Å². The molecule has 1 aliphatic heterocycles. The van der Waals surface area contributed by atoms with E-state index in [1.54, 1.807) is 4.90 Å². The summed E-state index contributed by atoms with van der Waals surface area (Å²) in [5, 5.41) is 8.69. The van der Waals surface area contributed by atoms with Crippen LogP contribution in [0.2, 0.25) is 0 Å². The number of anilines is 1. The number of hydrogen-bond acceptors (Lipinski definition) is 2. The Morgan fingerprint density at radius 2 is 2.18 bits per heavy atom. The Balaban J connectivity index is 2.49. The molecule has 11 heavy (non-hydrogen) atoms. The molecule has 0 atom stereocenters. The van der Waals surface area contributed by atoms with Crippen LogP contribution in [0.25, 0.3) is 0 Å². The fraction of sp³-hybridized carbons (Fsp3) is 0.222. The SMILES string of the molecule is N#CN1CCc2ccccc21. The molecule has 1 aromatic carbocycles. The maximum Gasteiger partial charge on any atom is 0.184 e. The van der Waals surface area contributed by atoms with E-state index in [-0.39, 0.29) is 0 Å². The molecule has 2 heteroatoms. The van der Waals surface area contributed by atoms with Crippen molar-refractivity contribution in [2.75, 3.05) is 11.4 Å². The van der Waals surface area contributed by atoms with Crippen molar-refractivity contribution in [2.24, 2.45) is 0 Å². The monoisotopic (exact) mass is 144 g/mol. The molecule has 1 aromatic rings. The molecule has 0 unspecified atom stereocenters. The molecular weight excluding hydrogens is 136 g/mol. The molecule has 0 saturated carbocycles. The van der Waals surface area contributed by atoms with Gasteiger partial charge in [0.2, 0.25) is 0 Å². The molecule has 0 amide bonds. The Kier molecular flexibility index (Phi) is 1.29. The standard InChI is InChI=1S/C9H8N2/c10-7-11-6-5-8-3-1-2-4-9(8)11/h1-4H,5-6H2. The summed E-state index contributed by atoms with van der Waals surface area (Å²) >= 11 is 0. The Hall–Kier alpha value is -1.49. The van der Waals surface area contributed by atoms with E-state index in [0.29, 0.717) is 0 Å². The molecule has 1 heterocycles. The van der Waals surface area contributed by atoms with E-state index in [2.05, 4.69) is 12.3 Å². The lowest BCUT2D eigenvalue weighted by Crippen LogP contribution is -2.11. The molecule has 0 aromatic heterocycles. The van der Waals surface area contributed by atoms with Crippen molar-refractivity contribution >= 4 is 5.69 Å². The van der Waals surface area contributed by atoms with Gasteiger partial charge in [-0.2, -0.15) is 5.26 Å². The first-order valence-corrected chi connectivity index (χ1v) is 3.67. The van der Waals surface area contributed by atoms with Gasteiger partial charge in [-0.1, -0.05) is 18.2 Å². The largest absolute Gasteiger partial charge is 0.279 e. The number of nitriles is 1. The smallest absolute Gasteiger partial charge is 0.184 e. The normalized spacial score (nSPS) is 14.3. The van der Waals surface area contributed by atoms with Crippen LogP contribution in [0, 0.1) is 11.5 Å². The summed E-state index contributed by atoms with van der Waals surface area (Å²) in [5.74, 6) is 0. The van der Waals surface area contributed by atoms with Crippen molar-refractivity contribution in [1.29, 1.82) is 5.26 Å². The Morgan fingerprint density at radius 1 is 1.36 bits per heavy atom. The molecule has 0 fully saturated rings. The lowest BCUT2D eigenvalue weighted by molar-refractivity contribution is 1.000. The first-order valence-electron chi connectivity index (χ1n) is 3.67. The first-order chi connectivity index (χ1) is 5.42. The van der Waals surface area contributed by atoms with Gasteiger partial charge < -0.3 is 0 Å². The van der Waals surface area contributed by atoms with E-state index in [1.807, 2.05) is 18.2 Å². The fourth-order valence-electron chi connectivity index (χ4n) is 1.44. The predicted molar refractivity (Wildman–Crippen MR) is 43.1 cm³/mol. The molecule has 1 aliphatic rings. The molecule has 2 rings (SSSR count). The van der Waals surface area contributed by atoms with E-state index in [0.717, 1.165) is 18.7 Å². The third-order valence-electron chi connectivity index (χ3n) is 2.01. The van der Waals surface area contributed by atoms with Gasteiger partial charge in [0.25, 0.3) is 0 Å². The van der Waals surface area contributed by atoms with E-state index >= 15 is 0 Å². The van der Waals surface area contributed by atoms with Gasteiger partial charge in [-0.3, -0.25) is 4.90 Å². The number of para-hydroxylation sites is 1. The summed E-state index contributed by atoms with van der Waals surface area (Å²) in [6.07, 6.45) is 3.16. The molecule has 0 spiro atoms. The second-order valence-electron chi connectivity index (χ2n) is 2.63. The van der Waals surface area contributed by atoms with Crippen LogP contribution in [0.4, 0.5) is 5.69 Å². The third kappa shape index (κ3) is 0.857. The van der Waals surface area contributed by atoms with Crippen LogP contribution in [0.15, 0.2) is 24.3 Å². The van der Waals surface area contributed by atoms with Crippen LogP contribution in [-0.2, 0) is 6.42 Å². The minimum atomic E-state index is 0.843. The van der Waals surface area contributed by atoms with Crippen molar-refractivity contribution < 1.29 is 0 Å². The van der Waals surface area contributed by atoms with Crippen LogP contribution >= 0.6 is 0 Å². The quantitative estimate of drug-likeness (QED) is 0.516. The summed E-state index contributed by atoms with van der Waals surface area (Å²) in [7, 11) is 0. The summed E-state index contributed by atoms with van der Waals surface area (Å²) in [5.41, 5.74) is 2.36. The predicted octanol–water partition coefficient (Wildman–Crippen LogP) is 1.53. The highest BCUT2D eigenvalue weighted by Crippen LogP contribution is 2.25. The molecule has 54 valence electrons. The van der Waals surface area contributed by atoms with Crippen molar-refractivity contribution in [1.82, 2.24) is 0 Å². The molecule has 0 bridgehead atoms. The average Bonchev–Trinajstić information content (AvgIpc) is 2.47. The number of hydrogen-bond donors (Lipinski definition) is 0. The van der Waals surface area contributed by atoms with Gasteiger partial charge in [-0.05, 0) is 18.1 Å². The highest BCUT2D eigenvalue weighted by molar-refractivity contribution is 5.60. The number of nitrogens with zero attached hydrogens (tertiary/aromatic N) is 2. The molecule has 0 N–H and O–H groups in total. The van der Waals surface area contributed by atoms with Gasteiger partial charge in [0, 0.05) is 6.54 Å². The first kappa shape index (κ1) is 6.23. The molecule has 0 aliphatic carbocycles. The minimum Gasteiger partial charge on any atom is -0.279 e. The van der Waals surface area contributed by atoms with Crippen molar-refractivity contribution in [3.05, 3.63) is 29.8 Å². The molecular formula is C9H8N2. The van der Waals surface area contributed by atoms with Crippen LogP contribution < -0.4 is 4.90 Å². The zero-order chi connectivity index (χ0) is 7.68. The highest BCUT2D eigenvalue weighted by atomic mass is 15.1. The molecule has 2 nitrogen and oxygen atoms in total. The van der Waals surface area contributed by atoms with Gasteiger partial charge in [0.15, 0.2) is 6.19 Å². The summed E-state index contributed by atoms with van der Waals surface area (Å²) in [6.45, 7) is 0.843. The Morgan fingerprint density at radius 3 is 3.00 bits per heavy atom. The van der Waals surface area contributed by atoms with Crippen molar-refractivity contribution in [3.63, 3.8) is 0 Å². The van der Waals surface area contributed by atoms with Crippen LogP contribution in [-0.4, -0.2) is 6.54 Å².